The van der Waals surface area contributed by atoms with Crippen LogP contribution in [0.3, 0.4) is 0 Å². The third-order valence-corrected chi connectivity index (χ3v) is 3.59. The maximum Gasteiger partial charge on any atom is 0.275 e. The molecule has 1 amide bonds. The summed E-state index contributed by atoms with van der Waals surface area (Å²) in [5.41, 5.74) is 1.37. The van der Waals surface area contributed by atoms with Gasteiger partial charge >= 0.3 is 0 Å². The van der Waals surface area contributed by atoms with Gasteiger partial charge in [0, 0.05) is 10.9 Å². The summed E-state index contributed by atoms with van der Waals surface area (Å²) in [6.07, 6.45) is 5.26. The lowest BCUT2D eigenvalue weighted by atomic mass is 9.84. The average Bonchev–Trinajstić information content (AvgIpc) is 2.57. The number of nitrogens with one attached hydrogen (secondary N) is 1. The van der Waals surface area contributed by atoms with Crippen LogP contribution in [0.2, 0.25) is 5.02 Å². The molecule has 4 heteroatoms. The number of carbonyl (C=O) groups excluding carboxylic acids is 1. The Balaban J connectivity index is 1.87. The minimum Gasteiger partial charge on any atom is -0.308 e. The Hall–Kier alpha value is -1.61. The van der Waals surface area contributed by atoms with Gasteiger partial charge < -0.3 is 5.32 Å². The van der Waals surface area contributed by atoms with E-state index in [0.29, 0.717) is 16.6 Å². The summed E-state index contributed by atoms with van der Waals surface area (Å²) in [6, 6.07) is 7.39. The maximum absolute atomic E-state index is 11.8. The third kappa shape index (κ3) is 2.18. The van der Waals surface area contributed by atoms with Gasteiger partial charge in [0.15, 0.2) is 0 Å². The van der Waals surface area contributed by atoms with Crippen LogP contribution in [0.5, 0.6) is 0 Å². The molecule has 2 aliphatic rings. The fraction of sp³-hybridized carbons (Fsp3) is 0.286. The molecule has 1 aliphatic carbocycles. The first kappa shape index (κ1) is 11.5. The SMILES string of the molecule is O=C1NC(C2CCC2)=N/C1=C/c1cccc(Cl)c1. The number of halogens is 1. The van der Waals surface area contributed by atoms with Gasteiger partial charge in [-0.05, 0) is 36.6 Å². The summed E-state index contributed by atoms with van der Waals surface area (Å²) in [6.45, 7) is 0. The van der Waals surface area contributed by atoms with Crippen molar-refractivity contribution in [2.24, 2.45) is 10.9 Å². The van der Waals surface area contributed by atoms with Gasteiger partial charge in [0.2, 0.25) is 0 Å². The summed E-state index contributed by atoms with van der Waals surface area (Å²) in [5, 5.41) is 3.51. The Bertz CT molecular complexity index is 559. The molecule has 92 valence electrons. The van der Waals surface area contributed by atoms with Crippen molar-refractivity contribution in [3.05, 3.63) is 40.5 Å². The molecule has 3 nitrogen and oxygen atoms in total. The van der Waals surface area contributed by atoms with Crippen LogP contribution in [0.1, 0.15) is 24.8 Å². The number of aliphatic imine (C=N–C) groups is 1. The van der Waals surface area contributed by atoms with E-state index in [1.807, 2.05) is 18.2 Å². The molecule has 1 N–H and O–H groups in total. The zero-order valence-electron chi connectivity index (χ0n) is 9.82. The Kier molecular flexibility index (Phi) is 2.92. The molecule has 1 heterocycles. The molecule has 0 aromatic heterocycles. The quantitative estimate of drug-likeness (QED) is 0.816. The predicted molar refractivity (Wildman–Crippen MR) is 72.3 cm³/mol. The molecule has 3 rings (SSSR count). The lowest BCUT2D eigenvalue weighted by molar-refractivity contribution is -0.115. The van der Waals surface area contributed by atoms with Crippen molar-refractivity contribution in [2.45, 2.75) is 19.3 Å². The molecule has 18 heavy (non-hydrogen) atoms. The summed E-state index contributed by atoms with van der Waals surface area (Å²) < 4.78 is 0. The molecule has 0 bridgehead atoms. The second kappa shape index (κ2) is 4.58. The number of hydrogen-bond donors (Lipinski definition) is 1. The highest BCUT2D eigenvalue weighted by atomic mass is 35.5. The molecule has 0 spiro atoms. The first-order valence-electron chi connectivity index (χ1n) is 6.09. The number of benzene rings is 1. The standard InChI is InChI=1S/C14H13ClN2O/c15-11-6-1-3-9(7-11)8-12-14(18)17-13(16-12)10-4-2-5-10/h1,3,6-8,10H,2,4-5H2,(H,16,17,18)/b12-8+. The maximum atomic E-state index is 11.8. The molecular weight excluding hydrogens is 248 g/mol. The zero-order valence-corrected chi connectivity index (χ0v) is 10.6. The smallest absolute Gasteiger partial charge is 0.275 e. The number of amides is 1. The van der Waals surface area contributed by atoms with Crippen LogP contribution in [0, 0.1) is 5.92 Å². The molecule has 0 unspecified atom stereocenters. The van der Waals surface area contributed by atoms with Gasteiger partial charge in [-0.3, -0.25) is 4.79 Å². The van der Waals surface area contributed by atoms with E-state index in [-0.39, 0.29) is 5.91 Å². The summed E-state index contributed by atoms with van der Waals surface area (Å²) >= 11 is 5.91. The number of amidine groups is 1. The molecule has 1 fully saturated rings. The van der Waals surface area contributed by atoms with Crippen LogP contribution in [0.15, 0.2) is 35.0 Å². The normalized spacial score (nSPS) is 21.7. The van der Waals surface area contributed by atoms with Crippen LogP contribution < -0.4 is 5.32 Å². The van der Waals surface area contributed by atoms with Crippen LogP contribution >= 0.6 is 11.6 Å². The van der Waals surface area contributed by atoms with Crippen LogP contribution in [0.25, 0.3) is 6.08 Å². The Morgan fingerprint density at radius 1 is 1.39 bits per heavy atom. The molecule has 1 aromatic rings. The van der Waals surface area contributed by atoms with Gasteiger partial charge in [0.05, 0.1) is 0 Å². The topological polar surface area (TPSA) is 41.5 Å². The minimum atomic E-state index is -0.114. The van der Waals surface area contributed by atoms with Gasteiger partial charge in [-0.15, -0.1) is 0 Å². The highest BCUT2D eigenvalue weighted by Gasteiger charge is 2.30. The highest BCUT2D eigenvalue weighted by Crippen LogP contribution is 2.29. The van der Waals surface area contributed by atoms with Crippen molar-refractivity contribution in [1.29, 1.82) is 0 Å². The van der Waals surface area contributed by atoms with Gasteiger partial charge in [0.1, 0.15) is 11.5 Å². The second-order valence-electron chi connectivity index (χ2n) is 4.66. The van der Waals surface area contributed by atoms with Crippen LogP contribution in [-0.2, 0) is 4.79 Å². The number of carbonyl (C=O) groups is 1. The van der Waals surface area contributed by atoms with E-state index in [0.717, 1.165) is 24.2 Å². The van der Waals surface area contributed by atoms with E-state index in [4.69, 9.17) is 11.6 Å². The number of rotatable bonds is 2. The fourth-order valence-corrected chi connectivity index (χ4v) is 2.31. The second-order valence-corrected chi connectivity index (χ2v) is 5.10. The Morgan fingerprint density at radius 3 is 2.89 bits per heavy atom. The Morgan fingerprint density at radius 2 is 2.22 bits per heavy atom. The van der Waals surface area contributed by atoms with E-state index in [1.165, 1.54) is 6.42 Å². The fourth-order valence-electron chi connectivity index (χ4n) is 2.12. The summed E-state index contributed by atoms with van der Waals surface area (Å²) in [5.74, 6) is 1.16. The van der Waals surface area contributed by atoms with Crippen molar-refractivity contribution >= 4 is 29.4 Å². The molecule has 1 saturated carbocycles. The number of hydrogen-bond acceptors (Lipinski definition) is 2. The summed E-state index contributed by atoms with van der Waals surface area (Å²) in [7, 11) is 0. The van der Waals surface area contributed by atoms with Crippen molar-refractivity contribution in [3.63, 3.8) is 0 Å². The predicted octanol–water partition coefficient (Wildman–Crippen LogP) is 3.01. The summed E-state index contributed by atoms with van der Waals surface area (Å²) in [4.78, 5) is 16.2. The number of nitrogens with zero attached hydrogens (tertiary/aromatic N) is 1. The minimum absolute atomic E-state index is 0.114. The Labute approximate surface area is 111 Å². The van der Waals surface area contributed by atoms with E-state index >= 15 is 0 Å². The van der Waals surface area contributed by atoms with Crippen molar-refractivity contribution < 1.29 is 4.79 Å². The van der Waals surface area contributed by atoms with E-state index in [1.54, 1.807) is 12.1 Å². The van der Waals surface area contributed by atoms with Gasteiger partial charge in [-0.2, -0.15) is 0 Å². The van der Waals surface area contributed by atoms with Gasteiger partial charge in [-0.25, -0.2) is 4.99 Å². The largest absolute Gasteiger partial charge is 0.308 e. The van der Waals surface area contributed by atoms with Crippen molar-refractivity contribution in [1.82, 2.24) is 5.32 Å². The first-order valence-corrected chi connectivity index (χ1v) is 6.47. The monoisotopic (exact) mass is 260 g/mol. The molecule has 0 atom stereocenters. The highest BCUT2D eigenvalue weighted by molar-refractivity contribution is 6.30. The van der Waals surface area contributed by atoms with Crippen LogP contribution in [-0.4, -0.2) is 11.7 Å². The van der Waals surface area contributed by atoms with E-state index < -0.39 is 0 Å². The van der Waals surface area contributed by atoms with Crippen molar-refractivity contribution in [2.75, 3.05) is 0 Å². The molecule has 1 aliphatic heterocycles. The molecule has 0 radical (unpaired) electrons. The first-order chi connectivity index (χ1) is 8.72. The average molecular weight is 261 g/mol. The zero-order chi connectivity index (χ0) is 12.5. The van der Waals surface area contributed by atoms with E-state index in [2.05, 4.69) is 10.3 Å². The molecule has 1 aromatic carbocycles. The lowest BCUT2D eigenvalue weighted by Crippen LogP contribution is -2.33. The van der Waals surface area contributed by atoms with Gasteiger partial charge in [0.25, 0.3) is 5.91 Å². The molecule has 0 saturated heterocycles. The lowest BCUT2D eigenvalue weighted by Gasteiger charge is -2.24. The third-order valence-electron chi connectivity index (χ3n) is 3.36. The molecular formula is C14H13ClN2O. The van der Waals surface area contributed by atoms with Crippen LogP contribution in [0.4, 0.5) is 0 Å². The van der Waals surface area contributed by atoms with E-state index in [9.17, 15) is 4.79 Å². The van der Waals surface area contributed by atoms with Crippen molar-refractivity contribution in [3.8, 4) is 0 Å². The van der Waals surface area contributed by atoms with Gasteiger partial charge in [-0.1, -0.05) is 30.2 Å².